The minimum absolute atomic E-state index is 0.615. The van der Waals surface area contributed by atoms with Gasteiger partial charge in [0.2, 0.25) is 0 Å². The number of H-pyrrole nitrogens is 1. The van der Waals surface area contributed by atoms with Crippen molar-refractivity contribution in [1.82, 2.24) is 20.6 Å². The first-order valence-electron chi connectivity index (χ1n) is 7.49. The van der Waals surface area contributed by atoms with Crippen LogP contribution in [0.5, 0.6) is 0 Å². The standard InChI is InChI=1S/C17H17N5/c1-12-5-4-8-16-14(12)10-9-13-6-2-3-7-15(13)22(16)11-17-18-20-21-19-17/h2-8H,9-11H2,1H3,(H,18,19,20,21). The second kappa shape index (κ2) is 5.26. The molecule has 22 heavy (non-hydrogen) atoms. The van der Waals surface area contributed by atoms with Gasteiger partial charge in [0.1, 0.15) is 0 Å². The van der Waals surface area contributed by atoms with E-state index in [1.54, 1.807) is 0 Å². The van der Waals surface area contributed by atoms with E-state index < -0.39 is 0 Å². The number of aromatic nitrogens is 4. The van der Waals surface area contributed by atoms with E-state index in [4.69, 9.17) is 0 Å². The molecule has 0 radical (unpaired) electrons. The number of nitrogens with zero attached hydrogens (tertiary/aromatic N) is 4. The van der Waals surface area contributed by atoms with Crippen LogP contribution < -0.4 is 4.90 Å². The Morgan fingerprint density at radius 1 is 1.05 bits per heavy atom. The summed E-state index contributed by atoms with van der Waals surface area (Å²) in [6.07, 6.45) is 2.11. The van der Waals surface area contributed by atoms with Gasteiger partial charge in [-0.2, -0.15) is 5.21 Å². The van der Waals surface area contributed by atoms with Gasteiger partial charge in [-0.25, -0.2) is 0 Å². The van der Waals surface area contributed by atoms with E-state index in [1.807, 2.05) is 0 Å². The largest absolute Gasteiger partial charge is 0.333 e. The highest BCUT2D eigenvalue weighted by Crippen LogP contribution is 2.37. The van der Waals surface area contributed by atoms with Gasteiger partial charge in [0.05, 0.1) is 6.54 Å². The van der Waals surface area contributed by atoms with Crippen LogP contribution in [0.15, 0.2) is 42.5 Å². The van der Waals surface area contributed by atoms with Crippen molar-refractivity contribution in [1.29, 1.82) is 0 Å². The van der Waals surface area contributed by atoms with E-state index in [0.717, 1.165) is 12.8 Å². The third kappa shape index (κ3) is 2.15. The van der Waals surface area contributed by atoms with Gasteiger partial charge in [-0.1, -0.05) is 35.5 Å². The summed E-state index contributed by atoms with van der Waals surface area (Å²) in [5.74, 6) is 0.698. The number of rotatable bonds is 2. The molecule has 0 unspecified atom stereocenters. The topological polar surface area (TPSA) is 57.7 Å². The molecule has 3 aromatic rings. The molecule has 1 N–H and O–H groups in total. The quantitative estimate of drug-likeness (QED) is 0.788. The fourth-order valence-corrected chi connectivity index (χ4v) is 3.20. The summed E-state index contributed by atoms with van der Waals surface area (Å²) in [5.41, 5.74) is 6.58. The highest BCUT2D eigenvalue weighted by molar-refractivity contribution is 5.72. The summed E-state index contributed by atoms with van der Waals surface area (Å²) in [4.78, 5) is 2.30. The normalized spacial score (nSPS) is 13.4. The molecule has 0 bridgehead atoms. The second-order valence-corrected chi connectivity index (χ2v) is 5.62. The molecule has 1 aliphatic heterocycles. The molecule has 0 spiro atoms. The third-order valence-corrected chi connectivity index (χ3v) is 4.29. The second-order valence-electron chi connectivity index (χ2n) is 5.62. The Morgan fingerprint density at radius 3 is 2.77 bits per heavy atom. The maximum absolute atomic E-state index is 4.12. The zero-order valence-electron chi connectivity index (χ0n) is 12.5. The summed E-state index contributed by atoms with van der Waals surface area (Å²) in [5, 5.41) is 14.5. The SMILES string of the molecule is Cc1cccc2c1CCc1ccccc1N2Cc1nn[nH]n1. The zero-order valence-corrected chi connectivity index (χ0v) is 12.5. The highest BCUT2D eigenvalue weighted by atomic mass is 15.5. The summed E-state index contributed by atoms with van der Waals surface area (Å²) in [6.45, 7) is 2.80. The highest BCUT2D eigenvalue weighted by Gasteiger charge is 2.22. The Morgan fingerprint density at radius 2 is 1.91 bits per heavy atom. The van der Waals surface area contributed by atoms with Gasteiger partial charge >= 0.3 is 0 Å². The van der Waals surface area contributed by atoms with E-state index in [2.05, 4.69) is 74.9 Å². The Kier molecular flexibility index (Phi) is 3.11. The van der Waals surface area contributed by atoms with Crippen molar-refractivity contribution in [2.24, 2.45) is 0 Å². The predicted octanol–water partition coefficient (Wildman–Crippen LogP) is 2.95. The molecule has 1 aliphatic rings. The lowest BCUT2D eigenvalue weighted by molar-refractivity contribution is 0.872. The Labute approximate surface area is 129 Å². The molecule has 4 rings (SSSR count). The number of aryl methyl sites for hydroxylation is 2. The van der Waals surface area contributed by atoms with E-state index in [0.29, 0.717) is 12.4 Å². The number of hydrogen-bond acceptors (Lipinski definition) is 4. The molecule has 0 saturated heterocycles. The Hall–Kier alpha value is -2.69. The van der Waals surface area contributed by atoms with Crippen LogP contribution in [-0.2, 0) is 19.4 Å². The fraction of sp³-hybridized carbons (Fsp3) is 0.235. The number of benzene rings is 2. The number of aromatic amines is 1. The number of nitrogens with one attached hydrogen (secondary N) is 1. The van der Waals surface area contributed by atoms with Gasteiger partial charge in [0, 0.05) is 11.4 Å². The maximum atomic E-state index is 4.12. The lowest BCUT2D eigenvalue weighted by Gasteiger charge is -2.26. The van der Waals surface area contributed by atoms with Gasteiger partial charge in [-0.15, -0.1) is 10.2 Å². The number of fused-ring (bicyclic) bond motifs is 2. The van der Waals surface area contributed by atoms with Crippen molar-refractivity contribution in [3.8, 4) is 0 Å². The van der Waals surface area contributed by atoms with Crippen LogP contribution in [0.2, 0.25) is 0 Å². The van der Waals surface area contributed by atoms with Crippen molar-refractivity contribution < 1.29 is 0 Å². The first kappa shape index (κ1) is 13.0. The molecule has 2 aromatic carbocycles. The van der Waals surface area contributed by atoms with Crippen LogP contribution in [0.25, 0.3) is 0 Å². The average molecular weight is 291 g/mol. The molecule has 5 heteroatoms. The Bertz CT molecular complexity index is 795. The van der Waals surface area contributed by atoms with E-state index >= 15 is 0 Å². The van der Waals surface area contributed by atoms with Crippen molar-refractivity contribution in [2.75, 3.05) is 4.90 Å². The molecular formula is C17H17N5. The summed E-state index contributed by atoms with van der Waals surface area (Å²) >= 11 is 0. The smallest absolute Gasteiger partial charge is 0.194 e. The van der Waals surface area contributed by atoms with Crippen LogP contribution in [0.3, 0.4) is 0 Å². The molecule has 110 valence electrons. The summed E-state index contributed by atoms with van der Waals surface area (Å²) < 4.78 is 0. The monoisotopic (exact) mass is 291 g/mol. The summed E-state index contributed by atoms with van der Waals surface area (Å²) in [7, 11) is 0. The molecule has 5 nitrogen and oxygen atoms in total. The first-order valence-corrected chi connectivity index (χ1v) is 7.49. The first-order chi connectivity index (χ1) is 10.8. The van der Waals surface area contributed by atoms with Gasteiger partial charge < -0.3 is 4.90 Å². The van der Waals surface area contributed by atoms with Crippen LogP contribution in [0, 0.1) is 6.92 Å². The van der Waals surface area contributed by atoms with Crippen molar-refractivity contribution in [3.05, 3.63) is 65.0 Å². The average Bonchev–Trinajstić information content (AvgIpc) is 2.99. The number of anilines is 2. The van der Waals surface area contributed by atoms with Crippen LogP contribution in [0.1, 0.15) is 22.5 Å². The van der Waals surface area contributed by atoms with E-state index in [1.165, 1.54) is 28.1 Å². The molecular weight excluding hydrogens is 274 g/mol. The fourth-order valence-electron chi connectivity index (χ4n) is 3.20. The summed E-state index contributed by atoms with van der Waals surface area (Å²) in [6, 6.07) is 15.1. The third-order valence-electron chi connectivity index (χ3n) is 4.29. The molecule has 1 aromatic heterocycles. The van der Waals surface area contributed by atoms with Crippen molar-refractivity contribution >= 4 is 11.4 Å². The van der Waals surface area contributed by atoms with E-state index in [9.17, 15) is 0 Å². The number of para-hydroxylation sites is 1. The van der Waals surface area contributed by atoms with E-state index in [-0.39, 0.29) is 0 Å². The van der Waals surface area contributed by atoms with Crippen molar-refractivity contribution in [2.45, 2.75) is 26.3 Å². The lowest BCUT2D eigenvalue weighted by atomic mass is 10.0. The molecule has 2 heterocycles. The molecule has 0 aliphatic carbocycles. The van der Waals surface area contributed by atoms with Crippen LogP contribution >= 0.6 is 0 Å². The van der Waals surface area contributed by atoms with Crippen LogP contribution in [0.4, 0.5) is 11.4 Å². The minimum atomic E-state index is 0.615. The predicted molar refractivity (Wildman–Crippen MR) is 85.0 cm³/mol. The maximum Gasteiger partial charge on any atom is 0.194 e. The van der Waals surface area contributed by atoms with Crippen molar-refractivity contribution in [3.63, 3.8) is 0 Å². The molecule has 0 saturated carbocycles. The molecule has 0 fully saturated rings. The van der Waals surface area contributed by atoms with Crippen LogP contribution in [-0.4, -0.2) is 20.6 Å². The number of tetrazole rings is 1. The van der Waals surface area contributed by atoms with Gasteiger partial charge in [0.25, 0.3) is 0 Å². The minimum Gasteiger partial charge on any atom is -0.333 e. The molecule has 0 amide bonds. The zero-order chi connectivity index (χ0) is 14.9. The Balaban J connectivity index is 1.88. The van der Waals surface area contributed by atoms with Gasteiger partial charge in [-0.3, -0.25) is 0 Å². The molecule has 0 atom stereocenters. The van der Waals surface area contributed by atoms with Gasteiger partial charge in [-0.05, 0) is 48.6 Å². The number of hydrogen-bond donors (Lipinski definition) is 1. The lowest BCUT2D eigenvalue weighted by Crippen LogP contribution is -2.19. The van der Waals surface area contributed by atoms with Gasteiger partial charge in [0.15, 0.2) is 5.82 Å².